The maximum absolute atomic E-state index is 8.45. The van der Waals surface area contributed by atoms with Crippen molar-refractivity contribution >= 4 is 5.69 Å². The van der Waals surface area contributed by atoms with E-state index in [4.69, 9.17) is 5.26 Å². The van der Waals surface area contributed by atoms with E-state index in [0.717, 1.165) is 19.6 Å². The number of rotatable bonds is 4. The Balaban J connectivity index is 2.01. The topological polar surface area (TPSA) is 47.9 Å². The molecule has 1 aliphatic heterocycles. The third-order valence-electron chi connectivity index (χ3n) is 2.89. The zero-order valence-electron chi connectivity index (χ0n) is 9.42. The molecule has 2 N–H and O–H groups in total. The summed E-state index contributed by atoms with van der Waals surface area (Å²) in [7, 11) is 0. The van der Waals surface area contributed by atoms with Gasteiger partial charge >= 0.3 is 0 Å². The van der Waals surface area contributed by atoms with Crippen molar-refractivity contribution in [2.75, 3.05) is 18.4 Å². The Bertz CT molecular complexity index is 393. The third-order valence-corrected chi connectivity index (χ3v) is 2.89. The molecule has 0 fully saturated rings. The molecule has 1 heterocycles. The Hall–Kier alpha value is -1.53. The molecule has 84 valence electrons. The molecule has 0 unspecified atom stereocenters. The van der Waals surface area contributed by atoms with Gasteiger partial charge in [-0.2, -0.15) is 5.26 Å². The van der Waals surface area contributed by atoms with Gasteiger partial charge in [-0.15, -0.1) is 0 Å². The fourth-order valence-electron chi connectivity index (χ4n) is 2.10. The van der Waals surface area contributed by atoms with Crippen LogP contribution in [-0.4, -0.2) is 13.1 Å². The van der Waals surface area contributed by atoms with Gasteiger partial charge in [0, 0.05) is 31.7 Å². The van der Waals surface area contributed by atoms with Crippen LogP contribution in [0.5, 0.6) is 0 Å². The molecule has 0 saturated heterocycles. The minimum Gasteiger partial charge on any atom is -0.385 e. The van der Waals surface area contributed by atoms with Gasteiger partial charge in [0.2, 0.25) is 0 Å². The first-order chi connectivity index (χ1) is 7.92. The molecule has 1 aromatic carbocycles. The van der Waals surface area contributed by atoms with Gasteiger partial charge in [-0.1, -0.05) is 18.2 Å². The predicted molar refractivity (Wildman–Crippen MR) is 65.2 cm³/mol. The number of nitriles is 1. The van der Waals surface area contributed by atoms with Crippen LogP contribution in [-0.2, 0) is 13.0 Å². The number of hydrogen-bond acceptors (Lipinski definition) is 3. The van der Waals surface area contributed by atoms with Crippen molar-refractivity contribution in [1.29, 1.82) is 5.26 Å². The first-order valence-corrected chi connectivity index (χ1v) is 5.84. The summed E-state index contributed by atoms with van der Waals surface area (Å²) in [4.78, 5) is 0. The van der Waals surface area contributed by atoms with Crippen LogP contribution < -0.4 is 10.6 Å². The van der Waals surface area contributed by atoms with E-state index in [0.29, 0.717) is 6.42 Å². The second-order valence-electron chi connectivity index (χ2n) is 4.07. The molecule has 0 saturated carbocycles. The van der Waals surface area contributed by atoms with Crippen molar-refractivity contribution in [2.45, 2.75) is 25.8 Å². The standard InChI is InChI=1S/C13H17N3/c14-7-3-8-15-10-12-5-1-4-11-6-2-9-16-13(11)12/h1,4-5,15-16H,2-3,6,8-10H2. The summed E-state index contributed by atoms with van der Waals surface area (Å²) in [6, 6.07) is 8.60. The molecule has 0 amide bonds. The molecule has 0 spiro atoms. The van der Waals surface area contributed by atoms with Crippen LogP contribution in [0.1, 0.15) is 24.0 Å². The van der Waals surface area contributed by atoms with Crippen LogP contribution in [0.15, 0.2) is 18.2 Å². The monoisotopic (exact) mass is 215 g/mol. The summed E-state index contributed by atoms with van der Waals surface area (Å²) in [5.74, 6) is 0. The van der Waals surface area contributed by atoms with Gasteiger partial charge in [-0.3, -0.25) is 0 Å². The second kappa shape index (κ2) is 5.53. The maximum Gasteiger partial charge on any atom is 0.0635 e. The number of aryl methyl sites for hydroxylation is 1. The van der Waals surface area contributed by atoms with E-state index in [-0.39, 0.29) is 0 Å². The Morgan fingerprint density at radius 1 is 1.44 bits per heavy atom. The summed E-state index contributed by atoms with van der Waals surface area (Å²) in [6.07, 6.45) is 2.97. The van der Waals surface area contributed by atoms with Crippen LogP contribution in [0.3, 0.4) is 0 Å². The molecule has 0 bridgehead atoms. The van der Waals surface area contributed by atoms with E-state index in [9.17, 15) is 0 Å². The predicted octanol–water partition coefficient (Wildman–Crippen LogP) is 2.05. The summed E-state index contributed by atoms with van der Waals surface area (Å²) < 4.78 is 0. The Kier molecular flexibility index (Phi) is 3.79. The molecule has 3 nitrogen and oxygen atoms in total. The van der Waals surface area contributed by atoms with Crippen molar-refractivity contribution in [3.63, 3.8) is 0 Å². The first-order valence-electron chi connectivity index (χ1n) is 5.84. The normalized spacial score (nSPS) is 13.7. The van der Waals surface area contributed by atoms with Crippen LogP contribution in [0.2, 0.25) is 0 Å². The van der Waals surface area contributed by atoms with Crippen molar-refractivity contribution in [1.82, 2.24) is 5.32 Å². The van der Waals surface area contributed by atoms with Gasteiger partial charge in [0.25, 0.3) is 0 Å². The minimum absolute atomic E-state index is 0.572. The number of para-hydroxylation sites is 1. The van der Waals surface area contributed by atoms with E-state index < -0.39 is 0 Å². The van der Waals surface area contributed by atoms with Crippen LogP contribution in [0.25, 0.3) is 0 Å². The number of anilines is 1. The summed E-state index contributed by atoms with van der Waals surface area (Å²) in [5, 5.41) is 15.2. The van der Waals surface area contributed by atoms with E-state index >= 15 is 0 Å². The molecule has 0 atom stereocenters. The van der Waals surface area contributed by atoms with Crippen molar-refractivity contribution in [3.8, 4) is 6.07 Å². The van der Waals surface area contributed by atoms with Gasteiger partial charge in [-0.05, 0) is 24.0 Å². The van der Waals surface area contributed by atoms with E-state index in [1.807, 2.05) is 0 Å². The van der Waals surface area contributed by atoms with E-state index in [1.54, 1.807) is 0 Å². The lowest BCUT2D eigenvalue weighted by molar-refractivity contribution is 0.696. The molecule has 3 heteroatoms. The SMILES string of the molecule is N#CCCNCc1cccc2c1NCCC2. The smallest absolute Gasteiger partial charge is 0.0635 e. The van der Waals surface area contributed by atoms with Crippen molar-refractivity contribution < 1.29 is 0 Å². The molecule has 1 aliphatic rings. The zero-order valence-corrected chi connectivity index (χ0v) is 9.42. The van der Waals surface area contributed by atoms with Gasteiger partial charge in [0.05, 0.1) is 6.07 Å². The zero-order chi connectivity index (χ0) is 11.2. The minimum atomic E-state index is 0.572. The molecule has 16 heavy (non-hydrogen) atoms. The quantitative estimate of drug-likeness (QED) is 0.756. The van der Waals surface area contributed by atoms with Gasteiger partial charge in [0.15, 0.2) is 0 Å². The fraction of sp³-hybridized carbons (Fsp3) is 0.462. The number of fused-ring (bicyclic) bond motifs is 1. The molecular weight excluding hydrogens is 198 g/mol. The van der Waals surface area contributed by atoms with Crippen molar-refractivity contribution in [3.05, 3.63) is 29.3 Å². The lowest BCUT2D eigenvalue weighted by Gasteiger charge is -2.21. The molecule has 0 radical (unpaired) electrons. The average Bonchev–Trinajstić information content (AvgIpc) is 2.35. The average molecular weight is 215 g/mol. The van der Waals surface area contributed by atoms with Gasteiger partial charge in [-0.25, -0.2) is 0 Å². The highest BCUT2D eigenvalue weighted by Gasteiger charge is 2.11. The second-order valence-corrected chi connectivity index (χ2v) is 4.07. The lowest BCUT2D eigenvalue weighted by atomic mass is 9.99. The Morgan fingerprint density at radius 3 is 3.25 bits per heavy atom. The Morgan fingerprint density at radius 2 is 2.38 bits per heavy atom. The highest BCUT2D eigenvalue weighted by molar-refractivity contribution is 5.59. The van der Waals surface area contributed by atoms with Crippen molar-refractivity contribution in [2.24, 2.45) is 0 Å². The molecule has 2 rings (SSSR count). The number of nitrogens with one attached hydrogen (secondary N) is 2. The lowest BCUT2D eigenvalue weighted by Crippen LogP contribution is -2.19. The Labute approximate surface area is 96.5 Å². The van der Waals surface area contributed by atoms with Gasteiger partial charge < -0.3 is 10.6 Å². The number of nitrogens with zero attached hydrogens (tertiary/aromatic N) is 1. The number of hydrogen-bond donors (Lipinski definition) is 2. The highest BCUT2D eigenvalue weighted by Crippen LogP contribution is 2.25. The largest absolute Gasteiger partial charge is 0.385 e. The summed E-state index contributed by atoms with van der Waals surface area (Å²) in [5.41, 5.74) is 4.04. The molecular formula is C13H17N3. The maximum atomic E-state index is 8.45. The molecule has 0 aliphatic carbocycles. The summed E-state index contributed by atoms with van der Waals surface area (Å²) in [6.45, 7) is 2.68. The van der Waals surface area contributed by atoms with Crippen LogP contribution in [0, 0.1) is 11.3 Å². The highest BCUT2D eigenvalue weighted by atomic mass is 14.9. The third kappa shape index (κ3) is 2.53. The number of benzene rings is 1. The van der Waals surface area contributed by atoms with E-state index in [2.05, 4.69) is 34.9 Å². The fourth-order valence-corrected chi connectivity index (χ4v) is 2.10. The molecule has 0 aromatic heterocycles. The van der Waals surface area contributed by atoms with Crippen LogP contribution in [0.4, 0.5) is 5.69 Å². The van der Waals surface area contributed by atoms with Gasteiger partial charge in [0.1, 0.15) is 0 Å². The van der Waals surface area contributed by atoms with E-state index in [1.165, 1.54) is 29.7 Å². The van der Waals surface area contributed by atoms with Crippen LogP contribution >= 0.6 is 0 Å². The first kappa shape index (κ1) is 11.0. The summed E-state index contributed by atoms with van der Waals surface area (Å²) >= 11 is 0. The molecule has 1 aromatic rings.